The minimum Gasteiger partial charge on any atom is -0.381 e. The van der Waals surface area contributed by atoms with Gasteiger partial charge >= 0.3 is 0 Å². The van der Waals surface area contributed by atoms with Crippen molar-refractivity contribution in [3.05, 3.63) is 12.2 Å². The molecule has 0 aromatic heterocycles. The van der Waals surface area contributed by atoms with E-state index in [2.05, 4.69) is 26.0 Å². The maximum atomic E-state index is 5.84. The van der Waals surface area contributed by atoms with E-state index in [9.17, 15) is 0 Å². The van der Waals surface area contributed by atoms with Crippen molar-refractivity contribution in [2.24, 2.45) is 11.8 Å². The molecule has 0 amide bonds. The van der Waals surface area contributed by atoms with Crippen LogP contribution in [-0.2, 0) is 9.47 Å². The zero-order chi connectivity index (χ0) is 14.5. The molecule has 1 aliphatic heterocycles. The van der Waals surface area contributed by atoms with E-state index in [-0.39, 0.29) is 0 Å². The van der Waals surface area contributed by atoms with Crippen LogP contribution in [0, 0.1) is 11.8 Å². The highest BCUT2D eigenvalue weighted by atomic mass is 16.5. The Morgan fingerprint density at radius 2 is 1.75 bits per heavy atom. The van der Waals surface area contributed by atoms with Gasteiger partial charge in [-0.1, -0.05) is 58.1 Å². The lowest BCUT2D eigenvalue weighted by Gasteiger charge is -2.16. The minimum atomic E-state index is 0.608. The van der Waals surface area contributed by atoms with Crippen LogP contribution in [0.25, 0.3) is 0 Å². The van der Waals surface area contributed by atoms with Crippen molar-refractivity contribution in [1.29, 1.82) is 0 Å². The van der Waals surface area contributed by atoms with Gasteiger partial charge in [0.1, 0.15) is 0 Å². The van der Waals surface area contributed by atoms with Crippen molar-refractivity contribution < 1.29 is 9.47 Å². The first kappa shape index (κ1) is 17.7. The molecule has 1 fully saturated rings. The summed E-state index contributed by atoms with van der Waals surface area (Å²) in [4.78, 5) is 0. The maximum Gasteiger partial charge on any atom is 0.0520 e. The first-order valence-corrected chi connectivity index (χ1v) is 8.69. The zero-order valence-corrected chi connectivity index (χ0v) is 13.6. The van der Waals surface area contributed by atoms with Crippen molar-refractivity contribution in [1.82, 2.24) is 0 Å². The maximum absolute atomic E-state index is 5.84. The SMILES string of the molecule is CCCCC=CC[C@@H]1COC[C@H]1COCCCCCC. The highest BCUT2D eigenvalue weighted by Crippen LogP contribution is 2.24. The van der Waals surface area contributed by atoms with Crippen LogP contribution >= 0.6 is 0 Å². The van der Waals surface area contributed by atoms with Crippen molar-refractivity contribution in [3.63, 3.8) is 0 Å². The highest BCUT2D eigenvalue weighted by molar-refractivity contribution is 4.87. The Morgan fingerprint density at radius 1 is 0.950 bits per heavy atom. The molecule has 1 saturated heterocycles. The molecule has 1 heterocycles. The predicted molar refractivity (Wildman–Crippen MR) is 86.0 cm³/mol. The zero-order valence-electron chi connectivity index (χ0n) is 13.6. The number of rotatable bonds is 12. The lowest BCUT2D eigenvalue weighted by atomic mass is 9.93. The molecule has 0 radical (unpaired) electrons. The third-order valence-corrected chi connectivity index (χ3v) is 4.13. The molecule has 20 heavy (non-hydrogen) atoms. The molecule has 2 atom stereocenters. The first-order valence-electron chi connectivity index (χ1n) is 8.69. The van der Waals surface area contributed by atoms with Crippen LogP contribution < -0.4 is 0 Å². The second kappa shape index (κ2) is 12.4. The van der Waals surface area contributed by atoms with Gasteiger partial charge in [0.05, 0.1) is 19.8 Å². The van der Waals surface area contributed by atoms with Gasteiger partial charge in [-0.25, -0.2) is 0 Å². The summed E-state index contributed by atoms with van der Waals surface area (Å²) >= 11 is 0. The molecule has 0 N–H and O–H groups in total. The predicted octanol–water partition coefficient (Wildman–Crippen LogP) is 4.98. The fourth-order valence-electron chi connectivity index (χ4n) is 2.66. The van der Waals surface area contributed by atoms with E-state index in [1.54, 1.807) is 0 Å². The summed E-state index contributed by atoms with van der Waals surface area (Å²) in [5.74, 6) is 1.28. The number of hydrogen-bond acceptors (Lipinski definition) is 2. The second-order valence-electron chi connectivity index (χ2n) is 6.04. The van der Waals surface area contributed by atoms with Crippen LogP contribution in [0.15, 0.2) is 12.2 Å². The summed E-state index contributed by atoms with van der Waals surface area (Å²) in [6.45, 7) is 8.11. The molecular formula is C18H34O2. The van der Waals surface area contributed by atoms with Crippen LogP contribution in [0.1, 0.15) is 65.2 Å². The summed E-state index contributed by atoms with van der Waals surface area (Å²) in [5.41, 5.74) is 0. The average Bonchev–Trinajstić information content (AvgIpc) is 2.90. The molecule has 0 saturated carbocycles. The van der Waals surface area contributed by atoms with Gasteiger partial charge in [-0.05, 0) is 25.2 Å². The Morgan fingerprint density at radius 3 is 2.55 bits per heavy atom. The second-order valence-corrected chi connectivity index (χ2v) is 6.04. The molecule has 0 aromatic rings. The van der Waals surface area contributed by atoms with Crippen LogP contribution in [0.4, 0.5) is 0 Å². The van der Waals surface area contributed by atoms with Gasteiger partial charge in [0.15, 0.2) is 0 Å². The van der Waals surface area contributed by atoms with Crippen LogP contribution in [0.5, 0.6) is 0 Å². The van der Waals surface area contributed by atoms with E-state index in [1.165, 1.54) is 44.9 Å². The van der Waals surface area contributed by atoms with Crippen LogP contribution in [-0.4, -0.2) is 26.4 Å². The molecule has 0 spiro atoms. The lowest BCUT2D eigenvalue weighted by molar-refractivity contribution is 0.0804. The standard InChI is InChI=1S/C18H34O2/c1-3-5-7-9-10-12-17-14-20-16-18(17)15-19-13-11-8-6-4-2/h9-10,17-18H,3-8,11-16H2,1-2H3/t17-,18-/m1/s1. The summed E-state index contributed by atoms with van der Waals surface area (Å²) in [5, 5.41) is 0. The molecule has 0 bridgehead atoms. The number of hydrogen-bond donors (Lipinski definition) is 0. The Hall–Kier alpha value is -0.340. The molecule has 2 nitrogen and oxygen atoms in total. The summed E-state index contributed by atoms with van der Waals surface area (Å²) in [6, 6.07) is 0. The smallest absolute Gasteiger partial charge is 0.0520 e. The van der Waals surface area contributed by atoms with Gasteiger partial charge in [-0.2, -0.15) is 0 Å². The van der Waals surface area contributed by atoms with Gasteiger partial charge in [0.25, 0.3) is 0 Å². The van der Waals surface area contributed by atoms with Crippen LogP contribution in [0.2, 0.25) is 0 Å². The Bertz CT molecular complexity index is 238. The third-order valence-electron chi connectivity index (χ3n) is 4.13. The highest BCUT2D eigenvalue weighted by Gasteiger charge is 2.27. The monoisotopic (exact) mass is 282 g/mol. The Kier molecular flexibility index (Phi) is 11.0. The molecule has 0 aromatic carbocycles. The average molecular weight is 282 g/mol. The molecule has 1 rings (SSSR count). The topological polar surface area (TPSA) is 18.5 Å². The summed E-state index contributed by atoms with van der Waals surface area (Å²) in [7, 11) is 0. The van der Waals surface area contributed by atoms with E-state index >= 15 is 0 Å². The largest absolute Gasteiger partial charge is 0.381 e. The fraction of sp³-hybridized carbons (Fsp3) is 0.889. The summed E-state index contributed by atoms with van der Waals surface area (Å²) in [6.07, 6.45) is 14.8. The Labute approximate surface area is 125 Å². The minimum absolute atomic E-state index is 0.608. The normalized spacial score (nSPS) is 22.9. The van der Waals surface area contributed by atoms with Gasteiger partial charge in [-0.15, -0.1) is 0 Å². The van der Waals surface area contributed by atoms with Crippen molar-refractivity contribution >= 4 is 0 Å². The van der Waals surface area contributed by atoms with Gasteiger partial charge in [0.2, 0.25) is 0 Å². The molecular weight excluding hydrogens is 248 g/mol. The Balaban J connectivity index is 2.06. The lowest BCUT2D eigenvalue weighted by Crippen LogP contribution is -2.18. The number of ether oxygens (including phenoxy) is 2. The van der Waals surface area contributed by atoms with Crippen LogP contribution in [0.3, 0.4) is 0 Å². The van der Waals surface area contributed by atoms with E-state index in [4.69, 9.17) is 9.47 Å². The van der Waals surface area contributed by atoms with Gasteiger partial charge < -0.3 is 9.47 Å². The summed E-state index contributed by atoms with van der Waals surface area (Å²) < 4.78 is 11.5. The molecule has 0 aliphatic carbocycles. The third kappa shape index (κ3) is 8.06. The van der Waals surface area contributed by atoms with Crippen molar-refractivity contribution in [2.45, 2.75) is 65.2 Å². The quantitative estimate of drug-likeness (QED) is 0.371. The first-order chi connectivity index (χ1) is 9.88. The van der Waals surface area contributed by atoms with E-state index < -0.39 is 0 Å². The number of unbranched alkanes of at least 4 members (excludes halogenated alkanes) is 5. The van der Waals surface area contributed by atoms with Gasteiger partial charge in [-0.3, -0.25) is 0 Å². The van der Waals surface area contributed by atoms with E-state index in [0.29, 0.717) is 11.8 Å². The van der Waals surface area contributed by atoms with Gasteiger partial charge in [0, 0.05) is 12.5 Å². The molecule has 0 unspecified atom stereocenters. The molecule has 118 valence electrons. The van der Waals surface area contributed by atoms with E-state index in [0.717, 1.165) is 32.8 Å². The molecule has 1 aliphatic rings. The molecule has 2 heteroatoms. The number of allylic oxidation sites excluding steroid dienone is 2. The van der Waals surface area contributed by atoms with E-state index in [1.807, 2.05) is 0 Å². The van der Waals surface area contributed by atoms with Crippen molar-refractivity contribution in [2.75, 3.05) is 26.4 Å². The fourth-order valence-corrected chi connectivity index (χ4v) is 2.66. The van der Waals surface area contributed by atoms with Crippen molar-refractivity contribution in [3.8, 4) is 0 Å².